The highest BCUT2D eigenvalue weighted by Crippen LogP contribution is 2.34. The third-order valence-corrected chi connectivity index (χ3v) is 5.32. The molecule has 0 unspecified atom stereocenters. The molecule has 122 valence electrons. The molecule has 1 fully saturated rings. The van der Waals surface area contributed by atoms with Crippen LogP contribution in [0.5, 0.6) is 11.5 Å². The zero-order valence-corrected chi connectivity index (χ0v) is 14.6. The Bertz CT molecular complexity index is 515. The number of ether oxygens (including phenoxy) is 2. The van der Waals surface area contributed by atoms with Gasteiger partial charge in [-0.2, -0.15) is 0 Å². The fourth-order valence-electron chi connectivity index (χ4n) is 2.90. The number of carbonyl (C=O) groups excluding carboxylic acids is 1. The molecule has 0 spiro atoms. The standard InChI is InChI=1S/C17H25NO3S/c1-12(17(19)18(2)13-7-5-6-8-13)22-14-9-10-15(20-3)16(11-14)21-4/h9-13H,5-8H2,1-4H3/t12-/m1/s1. The molecule has 1 aromatic carbocycles. The Balaban J connectivity index is 2.01. The van der Waals surface area contributed by atoms with E-state index in [9.17, 15) is 4.79 Å². The largest absolute Gasteiger partial charge is 0.493 e. The normalized spacial score (nSPS) is 16.4. The number of rotatable bonds is 6. The minimum absolute atomic E-state index is 0.108. The van der Waals surface area contributed by atoms with Gasteiger partial charge in [0.05, 0.1) is 19.5 Å². The van der Waals surface area contributed by atoms with Crippen LogP contribution < -0.4 is 9.47 Å². The summed E-state index contributed by atoms with van der Waals surface area (Å²) in [6.07, 6.45) is 4.74. The van der Waals surface area contributed by atoms with Crippen molar-refractivity contribution in [2.45, 2.75) is 48.8 Å². The summed E-state index contributed by atoms with van der Waals surface area (Å²) >= 11 is 1.56. The Morgan fingerprint density at radius 2 is 1.86 bits per heavy atom. The van der Waals surface area contributed by atoms with E-state index in [0.29, 0.717) is 17.5 Å². The summed E-state index contributed by atoms with van der Waals surface area (Å²) in [7, 11) is 5.17. The molecule has 0 N–H and O–H groups in total. The fourth-order valence-corrected chi connectivity index (χ4v) is 3.90. The maximum Gasteiger partial charge on any atom is 0.235 e. The van der Waals surface area contributed by atoms with Crippen molar-refractivity contribution >= 4 is 17.7 Å². The predicted molar refractivity (Wildman–Crippen MR) is 89.9 cm³/mol. The van der Waals surface area contributed by atoms with Gasteiger partial charge in [-0.05, 0) is 38.0 Å². The van der Waals surface area contributed by atoms with Crippen molar-refractivity contribution in [3.63, 3.8) is 0 Å². The summed E-state index contributed by atoms with van der Waals surface area (Å²) in [5.41, 5.74) is 0. The zero-order chi connectivity index (χ0) is 16.1. The SMILES string of the molecule is COc1ccc(S[C@H](C)C(=O)N(C)C2CCCC2)cc1OC. The van der Waals surface area contributed by atoms with E-state index in [1.807, 2.05) is 37.1 Å². The van der Waals surface area contributed by atoms with Crippen LogP contribution in [0.2, 0.25) is 0 Å². The van der Waals surface area contributed by atoms with Crippen molar-refractivity contribution in [3.05, 3.63) is 18.2 Å². The molecule has 4 nitrogen and oxygen atoms in total. The Morgan fingerprint density at radius 1 is 1.23 bits per heavy atom. The maximum atomic E-state index is 12.6. The van der Waals surface area contributed by atoms with Gasteiger partial charge in [0.15, 0.2) is 11.5 Å². The number of amides is 1. The van der Waals surface area contributed by atoms with Crippen LogP contribution in [0.1, 0.15) is 32.6 Å². The summed E-state index contributed by atoms with van der Waals surface area (Å²) < 4.78 is 10.6. The number of methoxy groups -OCH3 is 2. The summed E-state index contributed by atoms with van der Waals surface area (Å²) in [6, 6.07) is 6.17. The van der Waals surface area contributed by atoms with Crippen LogP contribution in [0.4, 0.5) is 0 Å². The summed E-state index contributed by atoms with van der Waals surface area (Å²) in [4.78, 5) is 15.5. The van der Waals surface area contributed by atoms with Gasteiger partial charge in [0.1, 0.15) is 0 Å². The van der Waals surface area contributed by atoms with E-state index >= 15 is 0 Å². The van der Waals surface area contributed by atoms with Crippen LogP contribution in [-0.4, -0.2) is 43.4 Å². The summed E-state index contributed by atoms with van der Waals surface area (Å²) in [5.74, 6) is 1.59. The van der Waals surface area contributed by atoms with E-state index < -0.39 is 0 Å². The van der Waals surface area contributed by atoms with Crippen LogP contribution in [0.3, 0.4) is 0 Å². The molecule has 0 aliphatic heterocycles. The fraction of sp³-hybridized carbons (Fsp3) is 0.588. The number of benzene rings is 1. The van der Waals surface area contributed by atoms with E-state index in [0.717, 1.165) is 17.7 Å². The Hall–Kier alpha value is -1.36. The van der Waals surface area contributed by atoms with Crippen LogP contribution in [-0.2, 0) is 4.79 Å². The first kappa shape index (κ1) is 17.0. The lowest BCUT2D eigenvalue weighted by molar-refractivity contribution is -0.130. The van der Waals surface area contributed by atoms with Gasteiger partial charge in [0.25, 0.3) is 0 Å². The molecular formula is C17H25NO3S. The van der Waals surface area contributed by atoms with Gasteiger partial charge in [-0.15, -0.1) is 11.8 Å². The maximum absolute atomic E-state index is 12.6. The number of hydrogen-bond donors (Lipinski definition) is 0. The van der Waals surface area contributed by atoms with Gasteiger partial charge >= 0.3 is 0 Å². The van der Waals surface area contributed by atoms with E-state index in [1.165, 1.54) is 12.8 Å². The molecule has 1 aliphatic rings. The topological polar surface area (TPSA) is 38.8 Å². The van der Waals surface area contributed by atoms with E-state index in [-0.39, 0.29) is 11.2 Å². The first-order valence-electron chi connectivity index (χ1n) is 7.72. The second kappa shape index (κ2) is 7.77. The quantitative estimate of drug-likeness (QED) is 0.750. The highest BCUT2D eigenvalue weighted by atomic mass is 32.2. The van der Waals surface area contributed by atoms with Crippen LogP contribution in [0, 0.1) is 0 Å². The molecule has 5 heteroatoms. The molecule has 1 saturated carbocycles. The zero-order valence-electron chi connectivity index (χ0n) is 13.8. The van der Waals surface area contributed by atoms with Crippen molar-refractivity contribution in [1.82, 2.24) is 4.90 Å². The molecule has 2 rings (SSSR count). The van der Waals surface area contributed by atoms with E-state index in [4.69, 9.17) is 9.47 Å². The van der Waals surface area contributed by atoms with Crippen molar-refractivity contribution in [2.24, 2.45) is 0 Å². The van der Waals surface area contributed by atoms with E-state index in [2.05, 4.69) is 0 Å². The van der Waals surface area contributed by atoms with Crippen LogP contribution in [0.25, 0.3) is 0 Å². The van der Waals surface area contributed by atoms with Crippen LogP contribution in [0.15, 0.2) is 23.1 Å². The molecule has 1 atom stereocenters. The lowest BCUT2D eigenvalue weighted by Crippen LogP contribution is -2.39. The molecule has 0 radical (unpaired) electrons. The minimum Gasteiger partial charge on any atom is -0.493 e. The molecule has 1 amide bonds. The monoisotopic (exact) mass is 323 g/mol. The van der Waals surface area contributed by atoms with Crippen molar-refractivity contribution < 1.29 is 14.3 Å². The van der Waals surface area contributed by atoms with Gasteiger partial charge in [-0.3, -0.25) is 4.79 Å². The third-order valence-electron chi connectivity index (χ3n) is 4.24. The Labute approximate surface area is 137 Å². The van der Waals surface area contributed by atoms with Gasteiger partial charge < -0.3 is 14.4 Å². The number of carbonyl (C=O) groups is 1. The smallest absolute Gasteiger partial charge is 0.235 e. The average molecular weight is 323 g/mol. The summed E-state index contributed by atoms with van der Waals surface area (Å²) in [5, 5.41) is -0.108. The molecule has 0 bridgehead atoms. The number of nitrogens with zero attached hydrogens (tertiary/aromatic N) is 1. The molecule has 0 saturated heterocycles. The molecule has 0 heterocycles. The lowest BCUT2D eigenvalue weighted by Gasteiger charge is -2.27. The second-order valence-corrected chi connectivity index (χ2v) is 7.08. The highest BCUT2D eigenvalue weighted by molar-refractivity contribution is 8.00. The van der Waals surface area contributed by atoms with Crippen molar-refractivity contribution in [1.29, 1.82) is 0 Å². The van der Waals surface area contributed by atoms with Gasteiger partial charge in [0.2, 0.25) is 5.91 Å². The molecule has 22 heavy (non-hydrogen) atoms. The molecule has 1 aromatic rings. The average Bonchev–Trinajstić information content (AvgIpc) is 3.07. The van der Waals surface area contributed by atoms with Crippen molar-refractivity contribution in [3.8, 4) is 11.5 Å². The first-order chi connectivity index (χ1) is 10.6. The third kappa shape index (κ3) is 3.88. The van der Waals surface area contributed by atoms with Gasteiger partial charge in [-0.25, -0.2) is 0 Å². The second-order valence-electron chi connectivity index (χ2n) is 5.66. The number of thioether (sulfide) groups is 1. The first-order valence-corrected chi connectivity index (χ1v) is 8.60. The minimum atomic E-state index is -0.108. The Kier molecular flexibility index (Phi) is 6.00. The van der Waals surface area contributed by atoms with Crippen molar-refractivity contribution in [2.75, 3.05) is 21.3 Å². The molecule has 1 aliphatic carbocycles. The molecular weight excluding hydrogens is 298 g/mol. The van der Waals surface area contributed by atoms with Gasteiger partial charge in [-0.1, -0.05) is 12.8 Å². The highest BCUT2D eigenvalue weighted by Gasteiger charge is 2.27. The lowest BCUT2D eigenvalue weighted by atomic mass is 10.2. The number of hydrogen-bond acceptors (Lipinski definition) is 4. The van der Waals surface area contributed by atoms with Gasteiger partial charge in [0, 0.05) is 18.0 Å². The Morgan fingerprint density at radius 3 is 2.45 bits per heavy atom. The molecule has 0 aromatic heterocycles. The summed E-state index contributed by atoms with van der Waals surface area (Å²) in [6.45, 7) is 1.97. The van der Waals surface area contributed by atoms with E-state index in [1.54, 1.807) is 26.0 Å². The predicted octanol–water partition coefficient (Wildman–Crippen LogP) is 3.59. The van der Waals surface area contributed by atoms with Crippen LogP contribution >= 0.6 is 11.8 Å².